The highest BCUT2D eigenvalue weighted by Gasteiger charge is 2.22. The van der Waals surface area contributed by atoms with Crippen molar-refractivity contribution in [3.05, 3.63) is 0 Å². The SMILES string of the molecule is CCCCCCOCCOP(=O)(O)OOCCCC. The minimum absolute atomic E-state index is 0.0126. The topological polar surface area (TPSA) is 74.2 Å². The molecule has 0 saturated heterocycles. The van der Waals surface area contributed by atoms with E-state index >= 15 is 0 Å². The van der Waals surface area contributed by atoms with E-state index in [1.807, 2.05) is 6.92 Å². The van der Waals surface area contributed by atoms with Gasteiger partial charge in [-0.15, -0.1) is 4.67 Å². The van der Waals surface area contributed by atoms with Crippen molar-refractivity contribution in [2.75, 3.05) is 26.4 Å². The number of rotatable bonds is 14. The summed E-state index contributed by atoms with van der Waals surface area (Å²) < 4.78 is 25.5. The molecule has 0 amide bonds. The standard InChI is InChI=1S/C12H27O6P/c1-3-5-7-8-9-15-11-12-17-19(13,14)18-16-10-6-4-2/h3-12H2,1-2H3,(H,13,14). The van der Waals surface area contributed by atoms with Crippen LogP contribution in [-0.2, 0) is 23.4 Å². The van der Waals surface area contributed by atoms with Gasteiger partial charge in [0, 0.05) is 6.61 Å². The van der Waals surface area contributed by atoms with E-state index in [4.69, 9.17) is 4.74 Å². The summed E-state index contributed by atoms with van der Waals surface area (Å²) in [7, 11) is -4.10. The molecule has 0 aliphatic carbocycles. The Morgan fingerprint density at radius 3 is 2.32 bits per heavy atom. The molecule has 1 N–H and O–H groups in total. The second kappa shape index (κ2) is 13.0. The zero-order valence-electron chi connectivity index (χ0n) is 12.0. The summed E-state index contributed by atoms with van der Waals surface area (Å²) in [5.41, 5.74) is 0. The molecular weight excluding hydrogens is 271 g/mol. The van der Waals surface area contributed by atoms with Gasteiger partial charge in [-0.3, -0.25) is 4.52 Å². The number of hydrogen-bond donors (Lipinski definition) is 1. The first kappa shape index (κ1) is 19.0. The molecule has 0 radical (unpaired) electrons. The number of unbranched alkanes of at least 4 members (excludes halogenated alkanes) is 4. The lowest BCUT2D eigenvalue weighted by atomic mass is 10.2. The second-order valence-corrected chi connectivity index (χ2v) is 5.57. The van der Waals surface area contributed by atoms with Crippen LogP contribution in [0.2, 0.25) is 0 Å². The Bertz CT molecular complexity index is 236. The van der Waals surface area contributed by atoms with Gasteiger partial charge < -0.3 is 9.63 Å². The molecule has 0 heterocycles. The van der Waals surface area contributed by atoms with Crippen molar-refractivity contribution in [3.8, 4) is 0 Å². The van der Waals surface area contributed by atoms with Crippen molar-refractivity contribution in [3.63, 3.8) is 0 Å². The quantitative estimate of drug-likeness (QED) is 0.229. The van der Waals surface area contributed by atoms with E-state index in [1.165, 1.54) is 12.8 Å². The van der Waals surface area contributed by atoms with Crippen molar-refractivity contribution in [2.24, 2.45) is 0 Å². The van der Waals surface area contributed by atoms with E-state index in [-0.39, 0.29) is 19.8 Å². The number of phosphoric acid groups is 1. The van der Waals surface area contributed by atoms with Gasteiger partial charge >= 0.3 is 7.82 Å². The molecule has 0 fully saturated rings. The van der Waals surface area contributed by atoms with Crippen LogP contribution in [0, 0.1) is 0 Å². The predicted octanol–water partition coefficient (Wildman–Crippen LogP) is 3.45. The fourth-order valence-corrected chi connectivity index (χ4v) is 1.83. The monoisotopic (exact) mass is 298 g/mol. The fraction of sp³-hybridized carbons (Fsp3) is 1.00. The molecule has 19 heavy (non-hydrogen) atoms. The lowest BCUT2D eigenvalue weighted by Gasteiger charge is -2.11. The van der Waals surface area contributed by atoms with E-state index in [0.29, 0.717) is 6.61 Å². The third-order valence-electron chi connectivity index (χ3n) is 2.35. The van der Waals surface area contributed by atoms with E-state index in [9.17, 15) is 9.46 Å². The lowest BCUT2D eigenvalue weighted by molar-refractivity contribution is -0.225. The highest BCUT2D eigenvalue weighted by atomic mass is 31.2. The molecular formula is C12H27O6P. The highest BCUT2D eigenvalue weighted by molar-refractivity contribution is 7.47. The molecule has 0 aromatic heterocycles. The van der Waals surface area contributed by atoms with Gasteiger partial charge in [0.25, 0.3) is 0 Å². The minimum atomic E-state index is -4.10. The predicted molar refractivity (Wildman–Crippen MR) is 72.7 cm³/mol. The maximum Gasteiger partial charge on any atom is 0.499 e. The molecule has 6 nitrogen and oxygen atoms in total. The number of hydrogen-bond acceptors (Lipinski definition) is 5. The average molecular weight is 298 g/mol. The fourth-order valence-electron chi connectivity index (χ4n) is 1.27. The van der Waals surface area contributed by atoms with E-state index in [2.05, 4.69) is 21.0 Å². The first-order valence-electron chi connectivity index (χ1n) is 6.98. The summed E-state index contributed by atoms with van der Waals surface area (Å²) in [6.07, 6.45) is 6.22. The smallest absolute Gasteiger partial charge is 0.379 e. The van der Waals surface area contributed by atoms with Crippen molar-refractivity contribution in [1.82, 2.24) is 0 Å². The summed E-state index contributed by atoms with van der Waals surface area (Å²) in [6, 6.07) is 0. The second-order valence-electron chi connectivity index (χ2n) is 4.22. The average Bonchev–Trinajstić information content (AvgIpc) is 2.38. The summed E-state index contributed by atoms with van der Waals surface area (Å²) in [5.74, 6) is 0. The third kappa shape index (κ3) is 14.3. The zero-order chi connectivity index (χ0) is 14.4. The van der Waals surface area contributed by atoms with Gasteiger partial charge in [-0.2, -0.15) is 0 Å². The van der Waals surface area contributed by atoms with E-state index < -0.39 is 7.82 Å². The van der Waals surface area contributed by atoms with Gasteiger partial charge in [-0.25, -0.2) is 9.45 Å². The van der Waals surface area contributed by atoms with Crippen molar-refractivity contribution >= 4 is 7.82 Å². The molecule has 0 aliphatic heterocycles. The molecule has 0 bridgehead atoms. The van der Waals surface area contributed by atoms with Gasteiger partial charge in [0.05, 0.1) is 19.8 Å². The Kier molecular flexibility index (Phi) is 13.1. The number of ether oxygens (including phenoxy) is 1. The van der Waals surface area contributed by atoms with Crippen LogP contribution in [0.25, 0.3) is 0 Å². The molecule has 116 valence electrons. The largest absolute Gasteiger partial charge is 0.499 e. The number of phosphoric ester groups is 1. The van der Waals surface area contributed by atoms with Crippen LogP contribution in [0.15, 0.2) is 0 Å². The third-order valence-corrected chi connectivity index (χ3v) is 3.16. The molecule has 1 unspecified atom stereocenters. The van der Waals surface area contributed by atoms with Crippen LogP contribution in [0.4, 0.5) is 0 Å². The van der Waals surface area contributed by atoms with Gasteiger partial charge in [-0.05, 0) is 12.8 Å². The Labute approximate surface area is 115 Å². The molecule has 0 spiro atoms. The maximum atomic E-state index is 11.3. The Hall–Kier alpha value is 0.0300. The molecule has 0 aromatic rings. The normalized spacial score (nSPS) is 14.5. The van der Waals surface area contributed by atoms with Gasteiger partial charge in [-0.1, -0.05) is 39.5 Å². The maximum absolute atomic E-state index is 11.3. The molecule has 1 atom stereocenters. The van der Waals surface area contributed by atoms with E-state index in [1.54, 1.807) is 0 Å². The Morgan fingerprint density at radius 2 is 1.63 bits per heavy atom. The summed E-state index contributed by atoms with van der Waals surface area (Å²) in [5, 5.41) is 0. The van der Waals surface area contributed by atoms with Gasteiger partial charge in [0.15, 0.2) is 0 Å². The van der Waals surface area contributed by atoms with Gasteiger partial charge in [0.2, 0.25) is 0 Å². The molecule has 0 aromatic carbocycles. The highest BCUT2D eigenvalue weighted by Crippen LogP contribution is 2.43. The molecule has 0 saturated carbocycles. The van der Waals surface area contributed by atoms with Crippen LogP contribution in [0.3, 0.4) is 0 Å². The zero-order valence-corrected chi connectivity index (χ0v) is 12.9. The van der Waals surface area contributed by atoms with Crippen molar-refractivity contribution in [2.45, 2.75) is 52.4 Å². The van der Waals surface area contributed by atoms with Crippen LogP contribution in [0.1, 0.15) is 52.4 Å². The first-order valence-corrected chi connectivity index (χ1v) is 8.48. The van der Waals surface area contributed by atoms with Gasteiger partial charge in [0.1, 0.15) is 0 Å². The Morgan fingerprint density at radius 1 is 0.895 bits per heavy atom. The van der Waals surface area contributed by atoms with Crippen LogP contribution < -0.4 is 0 Å². The van der Waals surface area contributed by atoms with E-state index in [0.717, 1.165) is 25.7 Å². The first-order chi connectivity index (χ1) is 9.12. The van der Waals surface area contributed by atoms with Crippen molar-refractivity contribution < 1.29 is 28.3 Å². The van der Waals surface area contributed by atoms with Crippen LogP contribution >= 0.6 is 7.82 Å². The minimum Gasteiger partial charge on any atom is -0.379 e. The van der Waals surface area contributed by atoms with Crippen LogP contribution in [0.5, 0.6) is 0 Å². The lowest BCUT2D eigenvalue weighted by Crippen LogP contribution is -2.06. The summed E-state index contributed by atoms with van der Waals surface area (Å²) in [4.78, 5) is 13.8. The molecule has 0 rings (SSSR count). The van der Waals surface area contributed by atoms with Crippen LogP contribution in [-0.4, -0.2) is 31.3 Å². The molecule has 7 heteroatoms. The van der Waals surface area contributed by atoms with Crippen molar-refractivity contribution in [1.29, 1.82) is 0 Å². The summed E-state index contributed by atoms with van der Waals surface area (Å²) in [6.45, 7) is 5.34. The Balaban J connectivity index is 3.35. The molecule has 0 aliphatic rings. The summed E-state index contributed by atoms with van der Waals surface area (Å²) >= 11 is 0.